The number of hydrogen-bond donors (Lipinski definition) is 2. The maximum Gasteiger partial charge on any atom is 0.115 e. The van der Waals surface area contributed by atoms with E-state index in [1.54, 1.807) is 12.1 Å². The minimum Gasteiger partial charge on any atom is -0.508 e. The third-order valence-electron chi connectivity index (χ3n) is 4.29. The fraction of sp³-hybridized carbons (Fsp3) is 0.368. The Hall–Kier alpha value is -1.96. The van der Waals surface area contributed by atoms with Crippen molar-refractivity contribution in [3.8, 4) is 11.5 Å². The van der Waals surface area contributed by atoms with Crippen LogP contribution in [0.3, 0.4) is 0 Å². The third kappa shape index (κ3) is 2.90. The van der Waals surface area contributed by atoms with E-state index >= 15 is 0 Å². The Bertz CT molecular complexity index is 587. The number of hydrogen-bond acceptors (Lipinski definition) is 2. The molecule has 0 fully saturated rings. The predicted octanol–water partition coefficient (Wildman–Crippen LogP) is 4.55. The lowest BCUT2D eigenvalue weighted by atomic mass is 9.73. The lowest BCUT2D eigenvalue weighted by molar-refractivity contribution is 0.472. The second-order valence-corrected chi connectivity index (χ2v) is 6.02. The number of aryl methyl sites for hydroxylation is 2. The molecule has 2 rings (SSSR count). The Kier molecular flexibility index (Phi) is 4.26. The molecule has 0 unspecified atom stereocenters. The van der Waals surface area contributed by atoms with Crippen molar-refractivity contribution in [3.63, 3.8) is 0 Å². The Balaban J connectivity index is 2.61. The Labute approximate surface area is 127 Å². The van der Waals surface area contributed by atoms with Crippen LogP contribution in [-0.2, 0) is 18.3 Å². The van der Waals surface area contributed by atoms with Crippen molar-refractivity contribution in [2.75, 3.05) is 0 Å². The van der Waals surface area contributed by atoms with Crippen molar-refractivity contribution in [3.05, 3.63) is 58.7 Å². The molecule has 2 nitrogen and oxygen atoms in total. The molecule has 0 aliphatic rings. The zero-order chi connectivity index (χ0) is 15.6. The summed E-state index contributed by atoms with van der Waals surface area (Å²) in [5.74, 6) is 0.626. The molecule has 112 valence electrons. The molecule has 0 saturated heterocycles. The van der Waals surface area contributed by atoms with Crippen LogP contribution in [0.5, 0.6) is 11.5 Å². The second-order valence-electron chi connectivity index (χ2n) is 6.02. The molecule has 2 heteroatoms. The summed E-state index contributed by atoms with van der Waals surface area (Å²) in [5, 5.41) is 19.4. The van der Waals surface area contributed by atoms with Gasteiger partial charge in [-0.3, -0.25) is 0 Å². The summed E-state index contributed by atoms with van der Waals surface area (Å²) < 4.78 is 0. The highest BCUT2D eigenvalue weighted by molar-refractivity contribution is 5.49. The highest BCUT2D eigenvalue weighted by Gasteiger charge is 2.27. The summed E-state index contributed by atoms with van der Waals surface area (Å²) in [4.78, 5) is 0. The van der Waals surface area contributed by atoms with E-state index in [4.69, 9.17) is 0 Å². The van der Waals surface area contributed by atoms with Crippen LogP contribution in [-0.4, -0.2) is 10.2 Å². The van der Waals surface area contributed by atoms with Crippen molar-refractivity contribution in [1.29, 1.82) is 0 Å². The number of phenols is 2. The molecule has 0 saturated carbocycles. The number of rotatable bonds is 4. The number of benzene rings is 2. The molecule has 2 N–H and O–H groups in total. The van der Waals surface area contributed by atoms with Crippen molar-refractivity contribution in [2.45, 2.75) is 46.0 Å². The van der Waals surface area contributed by atoms with E-state index in [0.717, 1.165) is 24.0 Å². The summed E-state index contributed by atoms with van der Waals surface area (Å²) in [5.41, 5.74) is 4.61. The van der Waals surface area contributed by atoms with Gasteiger partial charge >= 0.3 is 0 Å². The zero-order valence-corrected chi connectivity index (χ0v) is 13.3. The molecule has 0 radical (unpaired) electrons. The number of aromatic hydroxyl groups is 2. The summed E-state index contributed by atoms with van der Waals surface area (Å²) in [7, 11) is 0. The normalized spacial score (nSPS) is 11.6. The molecule has 2 aromatic rings. The van der Waals surface area contributed by atoms with E-state index in [1.807, 2.05) is 24.3 Å². The minimum absolute atomic E-state index is 0.169. The first-order chi connectivity index (χ1) is 9.90. The molecule has 0 bridgehead atoms. The lowest BCUT2D eigenvalue weighted by Crippen LogP contribution is -2.22. The average Bonchev–Trinajstić information content (AvgIpc) is 2.46. The Morgan fingerprint density at radius 3 is 1.48 bits per heavy atom. The molecule has 0 aliphatic carbocycles. The maximum atomic E-state index is 9.71. The first kappa shape index (κ1) is 15.4. The fourth-order valence-corrected chi connectivity index (χ4v) is 3.11. The smallest absolute Gasteiger partial charge is 0.115 e. The van der Waals surface area contributed by atoms with Gasteiger partial charge in [-0.25, -0.2) is 0 Å². The molecule has 0 atom stereocenters. The average molecular weight is 284 g/mol. The largest absolute Gasteiger partial charge is 0.508 e. The van der Waals surface area contributed by atoms with Gasteiger partial charge < -0.3 is 10.2 Å². The molecule has 0 amide bonds. The molecule has 0 heterocycles. The van der Waals surface area contributed by atoms with Gasteiger partial charge in [-0.1, -0.05) is 39.8 Å². The summed E-state index contributed by atoms with van der Waals surface area (Å²) >= 11 is 0. The topological polar surface area (TPSA) is 40.5 Å². The van der Waals surface area contributed by atoms with Crippen molar-refractivity contribution >= 4 is 0 Å². The lowest BCUT2D eigenvalue weighted by Gasteiger charge is -2.30. The van der Waals surface area contributed by atoms with Crippen LogP contribution in [0.25, 0.3) is 0 Å². The minimum atomic E-state index is -0.169. The van der Waals surface area contributed by atoms with Crippen LogP contribution >= 0.6 is 0 Å². The van der Waals surface area contributed by atoms with Gasteiger partial charge in [-0.2, -0.15) is 0 Å². The van der Waals surface area contributed by atoms with Gasteiger partial charge in [0.1, 0.15) is 11.5 Å². The summed E-state index contributed by atoms with van der Waals surface area (Å²) in [6, 6.07) is 11.2. The van der Waals surface area contributed by atoms with E-state index in [2.05, 4.69) is 27.7 Å². The van der Waals surface area contributed by atoms with Crippen LogP contribution in [0, 0.1) is 0 Å². The summed E-state index contributed by atoms with van der Waals surface area (Å²) in [6.07, 6.45) is 1.76. The Morgan fingerprint density at radius 1 is 0.762 bits per heavy atom. The van der Waals surface area contributed by atoms with Crippen molar-refractivity contribution < 1.29 is 10.2 Å². The molecular formula is C19H24O2. The predicted molar refractivity (Wildman–Crippen MR) is 87.1 cm³/mol. The van der Waals surface area contributed by atoms with Crippen LogP contribution in [0.4, 0.5) is 0 Å². The van der Waals surface area contributed by atoms with Gasteiger partial charge in [0.2, 0.25) is 0 Å². The molecule has 0 aromatic heterocycles. The van der Waals surface area contributed by atoms with E-state index in [1.165, 1.54) is 11.1 Å². The first-order valence-corrected chi connectivity index (χ1v) is 7.54. The van der Waals surface area contributed by atoms with Crippen LogP contribution < -0.4 is 0 Å². The number of phenolic OH excluding ortho intramolecular Hbond substituents is 2. The van der Waals surface area contributed by atoms with Crippen molar-refractivity contribution in [2.24, 2.45) is 0 Å². The molecule has 0 spiro atoms. The standard InChI is InChI=1S/C19H24O2/c1-5-13-11-15(20)7-9-17(13)19(3,4)18-10-8-16(21)12-14(18)6-2/h7-12,20-21H,5-6H2,1-4H3. The quantitative estimate of drug-likeness (QED) is 0.864. The molecule has 2 aromatic carbocycles. The van der Waals surface area contributed by atoms with Gasteiger partial charge in [0.25, 0.3) is 0 Å². The van der Waals surface area contributed by atoms with Gasteiger partial charge in [0, 0.05) is 5.41 Å². The third-order valence-corrected chi connectivity index (χ3v) is 4.29. The van der Waals surface area contributed by atoms with Gasteiger partial charge in [-0.15, -0.1) is 0 Å². The SMILES string of the molecule is CCc1cc(O)ccc1C(C)(C)c1ccc(O)cc1CC. The van der Waals surface area contributed by atoms with Crippen molar-refractivity contribution in [1.82, 2.24) is 0 Å². The van der Waals surface area contributed by atoms with Crippen LogP contribution in [0.1, 0.15) is 49.9 Å². The summed E-state index contributed by atoms with van der Waals surface area (Å²) in [6.45, 7) is 8.60. The van der Waals surface area contributed by atoms with Gasteiger partial charge in [-0.05, 0) is 59.4 Å². The van der Waals surface area contributed by atoms with E-state index in [-0.39, 0.29) is 5.41 Å². The van der Waals surface area contributed by atoms with E-state index in [9.17, 15) is 10.2 Å². The molecule has 21 heavy (non-hydrogen) atoms. The molecular weight excluding hydrogens is 260 g/mol. The maximum absolute atomic E-state index is 9.71. The molecule has 0 aliphatic heterocycles. The highest BCUT2D eigenvalue weighted by atomic mass is 16.3. The first-order valence-electron chi connectivity index (χ1n) is 7.54. The highest BCUT2D eigenvalue weighted by Crippen LogP contribution is 2.38. The zero-order valence-electron chi connectivity index (χ0n) is 13.3. The van der Waals surface area contributed by atoms with Gasteiger partial charge in [0.15, 0.2) is 0 Å². The monoisotopic (exact) mass is 284 g/mol. The Morgan fingerprint density at radius 2 is 1.14 bits per heavy atom. The van der Waals surface area contributed by atoms with Crippen LogP contribution in [0.2, 0.25) is 0 Å². The van der Waals surface area contributed by atoms with Crippen LogP contribution in [0.15, 0.2) is 36.4 Å². The van der Waals surface area contributed by atoms with E-state index < -0.39 is 0 Å². The fourth-order valence-electron chi connectivity index (χ4n) is 3.11. The van der Waals surface area contributed by atoms with E-state index in [0.29, 0.717) is 11.5 Å². The van der Waals surface area contributed by atoms with Gasteiger partial charge in [0.05, 0.1) is 0 Å². The second kappa shape index (κ2) is 5.80.